The Morgan fingerprint density at radius 3 is 2.61 bits per heavy atom. The number of rotatable bonds is 3. The van der Waals surface area contributed by atoms with E-state index < -0.39 is 9.84 Å². The van der Waals surface area contributed by atoms with Gasteiger partial charge in [-0.3, -0.25) is 0 Å². The highest BCUT2D eigenvalue weighted by Gasteiger charge is 2.25. The van der Waals surface area contributed by atoms with Gasteiger partial charge in [0.15, 0.2) is 9.84 Å². The zero-order chi connectivity index (χ0) is 13.2. The summed E-state index contributed by atoms with van der Waals surface area (Å²) in [5.74, 6) is 0.275. The molecule has 1 saturated heterocycles. The Hall–Kier alpha value is -0.780. The number of nitrogens with two attached hydrogens (primary N) is 1. The third-order valence-electron chi connectivity index (χ3n) is 3.09. The summed E-state index contributed by atoms with van der Waals surface area (Å²) < 4.78 is 29.8. The van der Waals surface area contributed by atoms with Crippen LogP contribution in [0.1, 0.15) is 12.8 Å². The summed E-state index contributed by atoms with van der Waals surface area (Å²) in [5.41, 5.74) is 6.02. The topological polar surface area (TPSA) is 69.4 Å². The molecule has 0 aliphatic carbocycles. The summed E-state index contributed by atoms with van der Waals surface area (Å²) in [6.45, 7) is 1.27. The minimum Gasteiger partial charge on any atom is -0.399 e. The van der Waals surface area contributed by atoms with Gasteiger partial charge in [-0.1, -0.05) is 11.6 Å². The highest BCUT2D eigenvalue weighted by Crippen LogP contribution is 2.27. The summed E-state index contributed by atoms with van der Waals surface area (Å²) in [7, 11) is -3.35. The number of ether oxygens (including phenoxy) is 1. The van der Waals surface area contributed by atoms with Crippen LogP contribution in [0.5, 0.6) is 0 Å². The maximum atomic E-state index is 12.3. The van der Waals surface area contributed by atoms with E-state index >= 15 is 0 Å². The minimum atomic E-state index is -3.35. The van der Waals surface area contributed by atoms with Crippen molar-refractivity contribution < 1.29 is 13.2 Å². The molecule has 4 nitrogen and oxygen atoms in total. The lowest BCUT2D eigenvalue weighted by molar-refractivity contribution is 0.0723. The number of nitrogen functional groups attached to an aromatic ring is 1. The smallest absolute Gasteiger partial charge is 0.180 e. The van der Waals surface area contributed by atoms with Crippen molar-refractivity contribution in [2.75, 3.05) is 24.7 Å². The molecule has 6 heteroatoms. The first-order chi connectivity index (χ1) is 8.49. The van der Waals surface area contributed by atoms with Crippen molar-refractivity contribution in [1.82, 2.24) is 0 Å². The van der Waals surface area contributed by atoms with E-state index in [1.54, 1.807) is 6.07 Å². The second kappa shape index (κ2) is 5.47. The van der Waals surface area contributed by atoms with Crippen LogP contribution in [0.25, 0.3) is 0 Å². The zero-order valence-electron chi connectivity index (χ0n) is 9.93. The molecule has 1 aromatic rings. The monoisotopic (exact) mass is 289 g/mol. The van der Waals surface area contributed by atoms with Gasteiger partial charge in [0.05, 0.1) is 15.7 Å². The molecule has 2 N–H and O–H groups in total. The van der Waals surface area contributed by atoms with Crippen molar-refractivity contribution in [2.45, 2.75) is 17.7 Å². The fourth-order valence-electron chi connectivity index (χ4n) is 2.08. The SMILES string of the molecule is Nc1ccc(S(=O)(=O)CC2CCOCC2)c(Cl)c1. The maximum absolute atomic E-state index is 12.3. The molecule has 0 radical (unpaired) electrons. The fraction of sp³-hybridized carbons (Fsp3) is 0.500. The van der Waals surface area contributed by atoms with E-state index in [4.69, 9.17) is 22.1 Å². The molecule has 2 rings (SSSR count). The van der Waals surface area contributed by atoms with Gasteiger partial charge in [0, 0.05) is 18.9 Å². The molecule has 1 fully saturated rings. The Kier molecular flexibility index (Phi) is 4.14. The van der Waals surface area contributed by atoms with E-state index in [2.05, 4.69) is 0 Å². The van der Waals surface area contributed by atoms with E-state index in [9.17, 15) is 8.42 Å². The Balaban J connectivity index is 2.19. The standard InChI is InChI=1S/C12H16ClNO3S/c13-11-7-10(14)1-2-12(11)18(15,16)8-9-3-5-17-6-4-9/h1-2,7,9H,3-6,8,14H2. The minimum absolute atomic E-state index is 0.125. The van der Waals surface area contributed by atoms with Crippen LogP contribution in [0.4, 0.5) is 5.69 Å². The van der Waals surface area contributed by atoms with Gasteiger partial charge >= 0.3 is 0 Å². The Bertz CT molecular complexity index is 524. The molecule has 0 atom stereocenters. The number of hydrogen-bond acceptors (Lipinski definition) is 4. The van der Waals surface area contributed by atoms with Crippen molar-refractivity contribution in [2.24, 2.45) is 5.92 Å². The number of halogens is 1. The van der Waals surface area contributed by atoms with Crippen LogP contribution in [0.15, 0.2) is 23.1 Å². The zero-order valence-corrected chi connectivity index (χ0v) is 11.5. The van der Waals surface area contributed by atoms with Gasteiger partial charge in [0.25, 0.3) is 0 Å². The molecule has 1 aliphatic rings. The summed E-state index contributed by atoms with van der Waals surface area (Å²) >= 11 is 5.95. The van der Waals surface area contributed by atoms with E-state index in [1.165, 1.54) is 12.1 Å². The maximum Gasteiger partial charge on any atom is 0.180 e. The lowest BCUT2D eigenvalue weighted by Crippen LogP contribution is -2.23. The van der Waals surface area contributed by atoms with Gasteiger partial charge in [-0.2, -0.15) is 0 Å². The molecule has 1 aliphatic heterocycles. The molecule has 0 aromatic heterocycles. The molecule has 100 valence electrons. The van der Waals surface area contributed by atoms with Crippen LogP contribution in [-0.4, -0.2) is 27.4 Å². The van der Waals surface area contributed by atoms with Gasteiger partial charge in [-0.15, -0.1) is 0 Å². The Labute approximate surface area is 112 Å². The third-order valence-corrected chi connectivity index (χ3v) is 5.45. The molecule has 0 unspecified atom stereocenters. The molecule has 1 aromatic carbocycles. The summed E-state index contributed by atoms with van der Waals surface area (Å²) in [6, 6.07) is 4.51. The first kappa shape index (κ1) is 13.6. The van der Waals surface area contributed by atoms with Gasteiger partial charge in [-0.05, 0) is 37.0 Å². The van der Waals surface area contributed by atoms with Crippen molar-refractivity contribution in [3.63, 3.8) is 0 Å². The van der Waals surface area contributed by atoms with Crippen molar-refractivity contribution in [3.8, 4) is 0 Å². The largest absolute Gasteiger partial charge is 0.399 e. The molecule has 0 saturated carbocycles. The van der Waals surface area contributed by atoms with E-state index in [-0.39, 0.29) is 21.6 Å². The van der Waals surface area contributed by atoms with E-state index in [0.717, 1.165) is 12.8 Å². The average Bonchev–Trinajstić information content (AvgIpc) is 2.29. The van der Waals surface area contributed by atoms with E-state index in [0.29, 0.717) is 18.9 Å². The van der Waals surface area contributed by atoms with Crippen LogP contribution in [0.2, 0.25) is 5.02 Å². The van der Waals surface area contributed by atoms with Gasteiger partial charge in [-0.25, -0.2) is 8.42 Å². The molecule has 0 amide bonds. The summed E-state index contributed by atoms with van der Waals surface area (Å²) in [6.07, 6.45) is 1.57. The molecule has 18 heavy (non-hydrogen) atoms. The number of benzene rings is 1. The second-order valence-electron chi connectivity index (χ2n) is 4.53. The first-order valence-corrected chi connectivity index (χ1v) is 7.87. The number of sulfone groups is 1. The van der Waals surface area contributed by atoms with Crippen LogP contribution in [-0.2, 0) is 14.6 Å². The first-order valence-electron chi connectivity index (χ1n) is 5.84. The van der Waals surface area contributed by atoms with Crippen LogP contribution < -0.4 is 5.73 Å². The molecular formula is C12H16ClNO3S. The summed E-state index contributed by atoms with van der Waals surface area (Å²) in [4.78, 5) is 0.171. The third kappa shape index (κ3) is 3.16. The van der Waals surface area contributed by atoms with E-state index in [1.807, 2.05) is 0 Å². The van der Waals surface area contributed by atoms with Crippen molar-refractivity contribution in [1.29, 1.82) is 0 Å². The molecule has 0 spiro atoms. The Morgan fingerprint density at radius 2 is 2.00 bits per heavy atom. The summed E-state index contributed by atoms with van der Waals surface area (Å²) in [5, 5.41) is 0.196. The van der Waals surface area contributed by atoms with Crippen LogP contribution in [0.3, 0.4) is 0 Å². The average molecular weight is 290 g/mol. The Morgan fingerprint density at radius 1 is 1.33 bits per heavy atom. The predicted octanol–water partition coefficient (Wildman–Crippen LogP) is 2.12. The highest BCUT2D eigenvalue weighted by molar-refractivity contribution is 7.91. The quantitative estimate of drug-likeness (QED) is 0.866. The predicted molar refractivity (Wildman–Crippen MR) is 71.5 cm³/mol. The van der Waals surface area contributed by atoms with Gasteiger partial charge in [0.2, 0.25) is 0 Å². The normalized spacial score (nSPS) is 17.8. The number of anilines is 1. The van der Waals surface area contributed by atoms with Crippen LogP contribution in [0, 0.1) is 5.92 Å². The van der Waals surface area contributed by atoms with Gasteiger partial charge in [0.1, 0.15) is 0 Å². The number of hydrogen-bond donors (Lipinski definition) is 1. The fourth-order valence-corrected chi connectivity index (χ4v) is 4.39. The van der Waals surface area contributed by atoms with Crippen LogP contribution >= 0.6 is 11.6 Å². The lowest BCUT2D eigenvalue weighted by Gasteiger charge is -2.21. The van der Waals surface area contributed by atoms with Crippen molar-refractivity contribution >= 4 is 27.1 Å². The lowest BCUT2D eigenvalue weighted by atomic mass is 10.0. The molecule has 0 bridgehead atoms. The van der Waals surface area contributed by atoms with Crippen molar-refractivity contribution in [3.05, 3.63) is 23.2 Å². The highest BCUT2D eigenvalue weighted by atomic mass is 35.5. The molecule has 1 heterocycles. The second-order valence-corrected chi connectivity index (χ2v) is 6.94. The molecular weight excluding hydrogens is 274 g/mol. The van der Waals surface area contributed by atoms with Gasteiger partial charge < -0.3 is 10.5 Å².